The zero-order valence-corrected chi connectivity index (χ0v) is 12.5. The van der Waals surface area contributed by atoms with E-state index >= 15 is 0 Å². The van der Waals surface area contributed by atoms with Crippen LogP contribution in [-0.4, -0.2) is 0 Å². The van der Waals surface area contributed by atoms with Crippen molar-refractivity contribution >= 4 is 34.2 Å². The lowest BCUT2D eigenvalue weighted by atomic mass is 9.99. The van der Waals surface area contributed by atoms with Gasteiger partial charge in [0, 0.05) is 20.2 Å². The summed E-state index contributed by atoms with van der Waals surface area (Å²) in [6.07, 6.45) is 0.394. The Hall–Kier alpha value is -0.650. The normalized spacial score (nSPS) is 12.4. The van der Waals surface area contributed by atoms with E-state index in [1.807, 2.05) is 24.3 Å². The van der Waals surface area contributed by atoms with E-state index < -0.39 is 0 Å². The Labute approximate surface area is 124 Å². The maximum absolute atomic E-state index is 13.7. The molecule has 0 aliphatic heterocycles. The van der Waals surface area contributed by atoms with Gasteiger partial charge in [-0.05, 0) is 52.8 Å². The average Bonchev–Trinajstić information content (AvgIpc) is 2.34. The minimum atomic E-state index is -0.302. The van der Waals surface area contributed by atoms with Crippen molar-refractivity contribution in [3.8, 4) is 0 Å². The van der Waals surface area contributed by atoms with Gasteiger partial charge in [0.2, 0.25) is 0 Å². The SMILES string of the molecule is NC(Cc1c(F)cccc1Cl)c1ccccc1I. The fourth-order valence-corrected chi connectivity index (χ4v) is 2.86. The topological polar surface area (TPSA) is 26.0 Å². The van der Waals surface area contributed by atoms with Crippen LogP contribution in [0.2, 0.25) is 5.02 Å². The Bertz CT molecular complexity index is 539. The average molecular weight is 376 g/mol. The van der Waals surface area contributed by atoms with Crippen LogP contribution in [0, 0.1) is 9.39 Å². The molecule has 0 saturated heterocycles. The molecule has 0 aliphatic rings. The summed E-state index contributed by atoms with van der Waals surface area (Å²) >= 11 is 8.23. The van der Waals surface area contributed by atoms with Crippen LogP contribution in [0.3, 0.4) is 0 Å². The number of rotatable bonds is 3. The minimum absolute atomic E-state index is 0.257. The van der Waals surface area contributed by atoms with Crippen LogP contribution < -0.4 is 5.73 Å². The molecular weight excluding hydrogens is 364 g/mol. The van der Waals surface area contributed by atoms with Crippen LogP contribution in [0.15, 0.2) is 42.5 Å². The molecule has 0 amide bonds. The maximum atomic E-state index is 13.7. The summed E-state index contributed by atoms with van der Waals surface area (Å²) in [6.45, 7) is 0. The molecule has 1 atom stereocenters. The second-order valence-corrected chi connectivity index (χ2v) is 5.60. The monoisotopic (exact) mass is 375 g/mol. The van der Waals surface area contributed by atoms with Crippen molar-refractivity contribution in [2.75, 3.05) is 0 Å². The van der Waals surface area contributed by atoms with E-state index in [0.29, 0.717) is 17.0 Å². The Kier molecular flexibility index (Phi) is 4.59. The van der Waals surface area contributed by atoms with Crippen molar-refractivity contribution in [1.82, 2.24) is 0 Å². The Morgan fingerprint density at radius 2 is 1.89 bits per heavy atom. The third kappa shape index (κ3) is 3.02. The lowest BCUT2D eigenvalue weighted by Gasteiger charge is -2.15. The highest BCUT2D eigenvalue weighted by Crippen LogP contribution is 2.26. The van der Waals surface area contributed by atoms with Crippen molar-refractivity contribution in [3.05, 3.63) is 68.0 Å². The minimum Gasteiger partial charge on any atom is -0.324 e. The zero-order valence-electron chi connectivity index (χ0n) is 9.54. The quantitative estimate of drug-likeness (QED) is 0.794. The van der Waals surface area contributed by atoms with Crippen LogP contribution >= 0.6 is 34.2 Å². The van der Waals surface area contributed by atoms with Crippen molar-refractivity contribution < 1.29 is 4.39 Å². The van der Waals surface area contributed by atoms with E-state index in [2.05, 4.69) is 22.6 Å². The number of hydrogen-bond donors (Lipinski definition) is 1. The van der Waals surface area contributed by atoms with Gasteiger partial charge in [0.05, 0.1) is 0 Å². The molecule has 0 aliphatic carbocycles. The summed E-state index contributed by atoms with van der Waals surface area (Å²) < 4.78 is 14.8. The lowest BCUT2D eigenvalue weighted by molar-refractivity contribution is 0.593. The van der Waals surface area contributed by atoms with Gasteiger partial charge in [-0.25, -0.2) is 4.39 Å². The van der Waals surface area contributed by atoms with Crippen LogP contribution in [0.4, 0.5) is 4.39 Å². The molecule has 1 nitrogen and oxygen atoms in total. The van der Waals surface area contributed by atoms with Crippen LogP contribution in [0.1, 0.15) is 17.2 Å². The van der Waals surface area contributed by atoms with E-state index in [1.54, 1.807) is 12.1 Å². The summed E-state index contributed by atoms with van der Waals surface area (Å²) in [4.78, 5) is 0. The molecule has 0 saturated carbocycles. The predicted molar refractivity (Wildman–Crippen MR) is 81.2 cm³/mol. The van der Waals surface area contributed by atoms with E-state index in [-0.39, 0.29) is 11.9 Å². The van der Waals surface area contributed by atoms with Crippen molar-refractivity contribution in [2.45, 2.75) is 12.5 Å². The fourth-order valence-electron chi connectivity index (χ4n) is 1.83. The lowest BCUT2D eigenvalue weighted by Crippen LogP contribution is -2.15. The van der Waals surface area contributed by atoms with Gasteiger partial charge < -0.3 is 5.73 Å². The fraction of sp³-hybridized carbons (Fsp3) is 0.143. The van der Waals surface area contributed by atoms with Crippen molar-refractivity contribution in [2.24, 2.45) is 5.73 Å². The summed E-state index contributed by atoms with van der Waals surface area (Å²) in [5.74, 6) is -0.302. The molecule has 0 radical (unpaired) electrons. The van der Waals surface area contributed by atoms with Gasteiger partial charge >= 0.3 is 0 Å². The standard InChI is InChI=1S/C14H12ClFIN/c15-11-5-3-6-12(16)10(11)8-14(18)9-4-1-2-7-13(9)17/h1-7,14H,8,18H2. The first-order valence-corrected chi connectivity index (χ1v) is 6.98. The molecule has 4 heteroatoms. The van der Waals surface area contributed by atoms with E-state index in [4.69, 9.17) is 17.3 Å². The second-order valence-electron chi connectivity index (χ2n) is 4.03. The molecule has 94 valence electrons. The highest BCUT2D eigenvalue weighted by Gasteiger charge is 2.14. The molecule has 0 bridgehead atoms. The second kappa shape index (κ2) is 5.99. The summed E-state index contributed by atoms with van der Waals surface area (Å²) in [6, 6.07) is 12.3. The summed E-state index contributed by atoms with van der Waals surface area (Å²) in [5, 5.41) is 0.427. The Morgan fingerprint density at radius 1 is 1.17 bits per heavy atom. The van der Waals surface area contributed by atoms with E-state index in [0.717, 1.165) is 9.13 Å². The smallest absolute Gasteiger partial charge is 0.127 e. The summed E-state index contributed by atoms with van der Waals surface area (Å²) in [5.41, 5.74) is 7.63. The zero-order chi connectivity index (χ0) is 13.1. The molecule has 2 rings (SSSR count). The van der Waals surface area contributed by atoms with Gasteiger partial charge in [-0.2, -0.15) is 0 Å². The van der Waals surface area contributed by atoms with Gasteiger partial charge in [-0.1, -0.05) is 35.9 Å². The molecule has 1 unspecified atom stereocenters. The molecule has 0 aromatic heterocycles. The van der Waals surface area contributed by atoms with Gasteiger partial charge in [0.25, 0.3) is 0 Å². The Morgan fingerprint density at radius 3 is 2.56 bits per heavy atom. The van der Waals surface area contributed by atoms with Gasteiger partial charge in [0.1, 0.15) is 5.82 Å². The van der Waals surface area contributed by atoms with E-state index in [1.165, 1.54) is 6.07 Å². The molecule has 0 spiro atoms. The Balaban J connectivity index is 2.27. The number of hydrogen-bond acceptors (Lipinski definition) is 1. The molecule has 0 fully saturated rings. The predicted octanol–water partition coefficient (Wildman–Crippen LogP) is 4.33. The molecular formula is C14H12ClFIN. The number of benzene rings is 2. The van der Waals surface area contributed by atoms with Gasteiger partial charge in [-0.3, -0.25) is 0 Å². The number of nitrogens with two attached hydrogens (primary N) is 1. The van der Waals surface area contributed by atoms with Crippen molar-refractivity contribution in [1.29, 1.82) is 0 Å². The molecule has 2 N–H and O–H groups in total. The first kappa shape index (κ1) is 13.8. The maximum Gasteiger partial charge on any atom is 0.127 e. The highest BCUT2D eigenvalue weighted by molar-refractivity contribution is 14.1. The van der Waals surface area contributed by atoms with Gasteiger partial charge in [-0.15, -0.1) is 0 Å². The summed E-state index contributed by atoms with van der Waals surface area (Å²) in [7, 11) is 0. The van der Waals surface area contributed by atoms with Crippen LogP contribution in [0.25, 0.3) is 0 Å². The van der Waals surface area contributed by atoms with E-state index in [9.17, 15) is 4.39 Å². The molecule has 18 heavy (non-hydrogen) atoms. The first-order valence-electron chi connectivity index (χ1n) is 5.52. The molecule has 0 heterocycles. The molecule has 2 aromatic carbocycles. The molecule has 2 aromatic rings. The highest BCUT2D eigenvalue weighted by atomic mass is 127. The first-order chi connectivity index (χ1) is 8.59. The van der Waals surface area contributed by atoms with Gasteiger partial charge in [0.15, 0.2) is 0 Å². The third-order valence-electron chi connectivity index (χ3n) is 2.79. The third-order valence-corrected chi connectivity index (χ3v) is 4.13. The van der Waals surface area contributed by atoms with Crippen molar-refractivity contribution in [3.63, 3.8) is 0 Å². The van der Waals surface area contributed by atoms with Crippen LogP contribution in [0.5, 0.6) is 0 Å². The largest absolute Gasteiger partial charge is 0.324 e. The number of halogens is 3. The van der Waals surface area contributed by atoms with Crippen LogP contribution in [-0.2, 0) is 6.42 Å².